The first kappa shape index (κ1) is 21.8. The van der Waals surface area contributed by atoms with Gasteiger partial charge in [-0.1, -0.05) is 31.5 Å². The van der Waals surface area contributed by atoms with Crippen LogP contribution in [0.2, 0.25) is 0 Å². The molecule has 6 heteroatoms. The van der Waals surface area contributed by atoms with E-state index in [4.69, 9.17) is 4.74 Å². The van der Waals surface area contributed by atoms with Crippen molar-refractivity contribution in [3.8, 4) is 0 Å². The molecule has 2 amide bonds. The first-order valence-corrected chi connectivity index (χ1v) is 11.4. The van der Waals surface area contributed by atoms with Crippen molar-refractivity contribution in [2.75, 3.05) is 13.2 Å². The number of aryl methyl sites for hydroxylation is 1. The molecular formula is C23H32N2O3S. The van der Waals surface area contributed by atoms with Crippen molar-refractivity contribution < 1.29 is 14.3 Å². The molecule has 1 aromatic carbocycles. The van der Waals surface area contributed by atoms with Crippen LogP contribution in [-0.4, -0.2) is 37.1 Å². The second kappa shape index (κ2) is 10.2. The fourth-order valence-electron chi connectivity index (χ4n) is 3.72. The fourth-order valence-corrected chi connectivity index (χ4v) is 4.67. The molecule has 2 N–H and O–H groups in total. The lowest BCUT2D eigenvalue weighted by Crippen LogP contribution is -2.50. The van der Waals surface area contributed by atoms with E-state index in [0.717, 1.165) is 42.4 Å². The fraction of sp³-hybridized carbons (Fsp3) is 0.565. The quantitative estimate of drug-likeness (QED) is 0.732. The van der Waals surface area contributed by atoms with Gasteiger partial charge < -0.3 is 15.4 Å². The Kier molecular flexibility index (Phi) is 7.67. The zero-order chi connectivity index (χ0) is 20.8. The molecule has 1 aromatic heterocycles. The molecule has 0 spiro atoms. The molecule has 3 rings (SSSR count). The second-order valence-corrected chi connectivity index (χ2v) is 9.49. The average molecular weight is 417 g/mol. The molecule has 1 aliphatic rings. The van der Waals surface area contributed by atoms with Crippen LogP contribution in [-0.2, 0) is 9.53 Å². The maximum atomic E-state index is 13.0. The number of carbonyl (C=O) groups excluding carboxylic acids is 2. The molecule has 0 bridgehead atoms. The third-order valence-electron chi connectivity index (χ3n) is 5.27. The summed E-state index contributed by atoms with van der Waals surface area (Å²) >= 11 is 1.47. The number of hydrogen-bond acceptors (Lipinski definition) is 4. The van der Waals surface area contributed by atoms with Crippen LogP contribution in [0.1, 0.15) is 61.2 Å². The van der Waals surface area contributed by atoms with Gasteiger partial charge in [0.05, 0.1) is 4.88 Å². The molecule has 5 nitrogen and oxygen atoms in total. The van der Waals surface area contributed by atoms with Gasteiger partial charge in [0.15, 0.2) is 0 Å². The monoisotopic (exact) mass is 416 g/mol. The Labute approximate surface area is 177 Å². The number of carbonyl (C=O) groups is 2. The highest BCUT2D eigenvalue weighted by Crippen LogP contribution is 2.26. The molecule has 1 aliphatic heterocycles. The van der Waals surface area contributed by atoms with Crippen molar-refractivity contribution in [1.29, 1.82) is 0 Å². The van der Waals surface area contributed by atoms with Crippen LogP contribution in [0.5, 0.6) is 0 Å². The summed E-state index contributed by atoms with van der Waals surface area (Å²) in [4.78, 5) is 26.5. The molecule has 0 saturated carbocycles. The first-order valence-electron chi connectivity index (χ1n) is 10.6. The number of rotatable bonds is 6. The molecule has 2 heterocycles. The van der Waals surface area contributed by atoms with Crippen LogP contribution in [0, 0.1) is 12.8 Å². The van der Waals surface area contributed by atoms with Crippen molar-refractivity contribution in [1.82, 2.24) is 10.6 Å². The minimum Gasteiger partial charge on any atom is -0.381 e. The zero-order valence-corrected chi connectivity index (χ0v) is 18.4. The summed E-state index contributed by atoms with van der Waals surface area (Å²) in [6.45, 7) is 7.66. The van der Waals surface area contributed by atoms with Crippen LogP contribution >= 0.6 is 11.3 Å². The van der Waals surface area contributed by atoms with Crippen LogP contribution in [0.15, 0.2) is 24.3 Å². The van der Waals surface area contributed by atoms with Gasteiger partial charge in [0.1, 0.15) is 6.04 Å². The predicted octanol–water partition coefficient (Wildman–Crippen LogP) is 4.43. The molecule has 158 valence electrons. The lowest BCUT2D eigenvalue weighted by Gasteiger charge is -2.25. The Morgan fingerprint density at radius 2 is 2.00 bits per heavy atom. The summed E-state index contributed by atoms with van der Waals surface area (Å²) in [5.74, 6) is 0.0389. The number of fused-ring (bicyclic) bond motifs is 1. The Morgan fingerprint density at radius 3 is 2.79 bits per heavy atom. The molecular weight excluding hydrogens is 384 g/mol. The highest BCUT2D eigenvalue weighted by molar-refractivity contribution is 7.20. The van der Waals surface area contributed by atoms with E-state index in [1.165, 1.54) is 16.9 Å². The number of hydrogen-bond donors (Lipinski definition) is 2. The smallest absolute Gasteiger partial charge is 0.262 e. The number of ether oxygens (including phenoxy) is 1. The topological polar surface area (TPSA) is 67.4 Å². The van der Waals surface area contributed by atoms with Gasteiger partial charge in [-0.25, -0.2) is 0 Å². The van der Waals surface area contributed by atoms with Gasteiger partial charge in [-0.3, -0.25) is 9.59 Å². The summed E-state index contributed by atoms with van der Waals surface area (Å²) in [5, 5.41) is 7.21. The largest absolute Gasteiger partial charge is 0.381 e. The third kappa shape index (κ3) is 6.28. The van der Waals surface area contributed by atoms with E-state index in [1.807, 2.05) is 25.1 Å². The molecule has 2 atom stereocenters. The van der Waals surface area contributed by atoms with Gasteiger partial charge in [-0.15, -0.1) is 11.3 Å². The maximum absolute atomic E-state index is 13.0. The number of benzene rings is 1. The van der Waals surface area contributed by atoms with Crippen LogP contribution in [0.4, 0.5) is 0 Å². The number of amides is 2. The van der Waals surface area contributed by atoms with Gasteiger partial charge in [0, 0.05) is 24.0 Å². The minimum atomic E-state index is -0.527. The van der Waals surface area contributed by atoms with E-state index in [-0.39, 0.29) is 17.9 Å². The molecule has 2 unspecified atom stereocenters. The summed E-state index contributed by atoms with van der Waals surface area (Å²) in [5.41, 5.74) is 1.17. The Hall–Kier alpha value is -1.92. The predicted molar refractivity (Wildman–Crippen MR) is 118 cm³/mol. The summed E-state index contributed by atoms with van der Waals surface area (Å²) in [6.07, 6.45) is 4.49. The number of thiophene rings is 1. The summed E-state index contributed by atoms with van der Waals surface area (Å²) in [6, 6.07) is 7.67. The van der Waals surface area contributed by atoms with Gasteiger partial charge in [0.25, 0.3) is 5.91 Å². The lowest BCUT2D eigenvalue weighted by molar-refractivity contribution is -0.124. The van der Waals surface area contributed by atoms with Gasteiger partial charge >= 0.3 is 0 Å². The molecule has 2 aromatic rings. The van der Waals surface area contributed by atoms with E-state index in [1.54, 1.807) is 0 Å². The first-order chi connectivity index (χ1) is 13.9. The summed E-state index contributed by atoms with van der Waals surface area (Å²) in [7, 11) is 0. The third-order valence-corrected chi connectivity index (χ3v) is 6.39. The number of nitrogens with one attached hydrogen (secondary N) is 2. The van der Waals surface area contributed by atoms with Crippen LogP contribution in [0.25, 0.3) is 10.1 Å². The van der Waals surface area contributed by atoms with E-state index < -0.39 is 6.04 Å². The van der Waals surface area contributed by atoms with Crippen molar-refractivity contribution in [3.63, 3.8) is 0 Å². The van der Waals surface area contributed by atoms with E-state index in [9.17, 15) is 9.59 Å². The zero-order valence-electron chi connectivity index (χ0n) is 17.6. The average Bonchev–Trinajstić information content (AvgIpc) is 3.06. The second-order valence-electron chi connectivity index (χ2n) is 8.41. The molecule has 1 fully saturated rings. The van der Waals surface area contributed by atoms with Crippen LogP contribution < -0.4 is 10.6 Å². The van der Waals surface area contributed by atoms with Gasteiger partial charge in [-0.05, 0) is 62.5 Å². The van der Waals surface area contributed by atoms with Crippen LogP contribution in [0.3, 0.4) is 0 Å². The summed E-state index contributed by atoms with van der Waals surface area (Å²) < 4.78 is 6.63. The van der Waals surface area contributed by atoms with Crippen molar-refractivity contribution in [3.05, 3.63) is 34.7 Å². The van der Waals surface area contributed by atoms with E-state index in [2.05, 4.69) is 30.5 Å². The van der Waals surface area contributed by atoms with E-state index in [0.29, 0.717) is 23.8 Å². The normalized spacial score (nSPS) is 18.8. The van der Waals surface area contributed by atoms with Gasteiger partial charge in [-0.2, -0.15) is 0 Å². The molecule has 1 saturated heterocycles. The Balaban J connectivity index is 1.67. The maximum Gasteiger partial charge on any atom is 0.262 e. The minimum absolute atomic E-state index is 0.0884. The SMILES string of the molecule is Cc1ccc2sc(C(=O)NC(CC(C)C)C(=O)NC3CCCCOCC3)cc2c1. The molecule has 0 radical (unpaired) electrons. The van der Waals surface area contributed by atoms with E-state index >= 15 is 0 Å². The highest BCUT2D eigenvalue weighted by atomic mass is 32.1. The lowest BCUT2D eigenvalue weighted by atomic mass is 10.0. The Morgan fingerprint density at radius 1 is 1.17 bits per heavy atom. The molecule has 0 aliphatic carbocycles. The van der Waals surface area contributed by atoms with Gasteiger partial charge in [0.2, 0.25) is 5.91 Å². The highest BCUT2D eigenvalue weighted by Gasteiger charge is 2.25. The standard InChI is InChI=1S/C23H32N2O3S/c1-15(2)12-19(22(26)24-18-6-4-5-10-28-11-9-18)25-23(27)21-14-17-13-16(3)7-8-20(17)29-21/h7-8,13-15,18-19H,4-6,9-12H2,1-3H3,(H,24,26)(H,25,27). The van der Waals surface area contributed by atoms with Crippen molar-refractivity contribution in [2.45, 2.75) is 65.0 Å². The van der Waals surface area contributed by atoms with Crippen molar-refractivity contribution in [2.24, 2.45) is 5.92 Å². The molecule has 29 heavy (non-hydrogen) atoms. The van der Waals surface area contributed by atoms with Crippen molar-refractivity contribution >= 4 is 33.2 Å². The Bertz CT molecular complexity index is 838.